The van der Waals surface area contributed by atoms with Gasteiger partial charge in [-0.3, -0.25) is 19.7 Å². The van der Waals surface area contributed by atoms with Crippen LogP contribution in [-0.4, -0.2) is 22.8 Å². The minimum Gasteiger partial charge on any atom is -0.368 e. The lowest BCUT2D eigenvalue weighted by Crippen LogP contribution is -2.45. The summed E-state index contributed by atoms with van der Waals surface area (Å²) in [6.07, 6.45) is 0.163. The van der Waals surface area contributed by atoms with Crippen molar-refractivity contribution in [3.8, 4) is 0 Å². The van der Waals surface area contributed by atoms with Crippen LogP contribution in [0.15, 0.2) is 48.5 Å². The molecule has 0 unspecified atom stereocenters. The van der Waals surface area contributed by atoms with Crippen LogP contribution in [0.4, 0.5) is 5.69 Å². The monoisotopic (exact) mass is 347 g/mol. The van der Waals surface area contributed by atoms with Crippen LogP contribution >= 0.6 is 11.6 Å². The fraction of sp³-hybridized carbons (Fsp3) is 0.125. The Morgan fingerprint density at radius 2 is 1.92 bits per heavy atom. The summed E-state index contributed by atoms with van der Waals surface area (Å²) in [5.41, 5.74) is 5.92. The largest absolute Gasteiger partial charge is 0.368 e. The average Bonchev–Trinajstić information content (AvgIpc) is 2.54. The molecule has 0 saturated carbocycles. The molecule has 0 bridgehead atoms. The minimum absolute atomic E-state index is 0.0709. The number of hydrogen-bond donors (Lipinski definition) is 2. The molecule has 2 amide bonds. The first-order valence-electron chi connectivity index (χ1n) is 6.96. The van der Waals surface area contributed by atoms with Crippen LogP contribution in [0.2, 0.25) is 5.02 Å². The van der Waals surface area contributed by atoms with E-state index in [2.05, 4.69) is 5.32 Å². The third-order valence-electron chi connectivity index (χ3n) is 3.30. The van der Waals surface area contributed by atoms with Gasteiger partial charge in [-0.25, -0.2) is 0 Å². The van der Waals surface area contributed by atoms with Crippen molar-refractivity contribution in [2.45, 2.75) is 12.5 Å². The van der Waals surface area contributed by atoms with Gasteiger partial charge in [-0.2, -0.15) is 0 Å². The zero-order chi connectivity index (χ0) is 17.7. The molecule has 24 heavy (non-hydrogen) atoms. The lowest BCUT2D eigenvalue weighted by atomic mass is 10.0. The van der Waals surface area contributed by atoms with E-state index in [-0.39, 0.29) is 17.7 Å². The molecule has 2 aromatic rings. The smallest absolute Gasteiger partial charge is 0.270 e. The Morgan fingerprint density at radius 3 is 2.54 bits per heavy atom. The Labute approximate surface area is 142 Å². The summed E-state index contributed by atoms with van der Waals surface area (Å²) in [6, 6.07) is 11.1. The van der Waals surface area contributed by atoms with Crippen molar-refractivity contribution in [2.24, 2.45) is 5.73 Å². The maximum absolute atomic E-state index is 12.2. The summed E-state index contributed by atoms with van der Waals surface area (Å²) in [6.45, 7) is 0. The Balaban J connectivity index is 2.15. The maximum Gasteiger partial charge on any atom is 0.270 e. The van der Waals surface area contributed by atoms with Crippen molar-refractivity contribution < 1.29 is 14.5 Å². The van der Waals surface area contributed by atoms with Gasteiger partial charge in [0, 0.05) is 29.1 Å². The molecule has 0 aliphatic rings. The molecular weight excluding hydrogens is 334 g/mol. The van der Waals surface area contributed by atoms with Crippen LogP contribution in [0.1, 0.15) is 15.9 Å². The predicted molar refractivity (Wildman–Crippen MR) is 88.7 cm³/mol. The van der Waals surface area contributed by atoms with Crippen LogP contribution in [-0.2, 0) is 11.2 Å². The van der Waals surface area contributed by atoms with Crippen LogP contribution < -0.4 is 11.1 Å². The number of benzene rings is 2. The molecular formula is C16H14ClN3O4. The SMILES string of the molecule is NC(=O)[C@H](Cc1cccc(Cl)c1)NC(=O)c1cccc([N+](=O)[O-])c1. The molecule has 0 heterocycles. The number of nitrogens with two attached hydrogens (primary N) is 1. The Hall–Kier alpha value is -2.93. The number of nitrogens with one attached hydrogen (secondary N) is 1. The zero-order valence-corrected chi connectivity index (χ0v) is 13.2. The van der Waals surface area contributed by atoms with Gasteiger partial charge in [0.05, 0.1) is 4.92 Å². The van der Waals surface area contributed by atoms with Gasteiger partial charge in [-0.1, -0.05) is 29.8 Å². The van der Waals surface area contributed by atoms with Gasteiger partial charge in [0.2, 0.25) is 5.91 Å². The van der Waals surface area contributed by atoms with Gasteiger partial charge in [0.15, 0.2) is 0 Å². The third kappa shape index (κ3) is 4.53. The van der Waals surface area contributed by atoms with Gasteiger partial charge in [0.1, 0.15) is 6.04 Å². The molecule has 2 aromatic carbocycles. The van der Waals surface area contributed by atoms with E-state index in [9.17, 15) is 19.7 Å². The molecule has 2 rings (SSSR count). The molecule has 7 nitrogen and oxygen atoms in total. The highest BCUT2D eigenvalue weighted by atomic mass is 35.5. The first-order valence-corrected chi connectivity index (χ1v) is 7.33. The van der Waals surface area contributed by atoms with Crippen molar-refractivity contribution in [1.29, 1.82) is 0 Å². The first kappa shape index (κ1) is 17.4. The van der Waals surface area contributed by atoms with Crippen molar-refractivity contribution in [3.05, 3.63) is 74.8 Å². The third-order valence-corrected chi connectivity index (χ3v) is 3.53. The quantitative estimate of drug-likeness (QED) is 0.614. The van der Waals surface area contributed by atoms with E-state index in [4.69, 9.17) is 17.3 Å². The van der Waals surface area contributed by atoms with Gasteiger partial charge in [-0.05, 0) is 23.8 Å². The number of nitrogens with zero attached hydrogens (tertiary/aromatic N) is 1. The summed E-state index contributed by atoms with van der Waals surface area (Å²) >= 11 is 5.89. The van der Waals surface area contributed by atoms with Crippen LogP contribution in [0.5, 0.6) is 0 Å². The Morgan fingerprint density at radius 1 is 1.21 bits per heavy atom. The van der Waals surface area contributed by atoms with Crippen LogP contribution in [0.25, 0.3) is 0 Å². The van der Waals surface area contributed by atoms with E-state index in [0.29, 0.717) is 5.02 Å². The summed E-state index contributed by atoms with van der Waals surface area (Å²) < 4.78 is 0. The van der Waals surface area contributed by atoms with Crippen LogP contribution in [0.3, 0.4) is 0 Å². The van der Waals surface area contributed by atoms with Gasteiger partial charge >= 0.3 is 0 Å². The fourth-order valence-electron chi connectivity index (χ4n) is 2.12. The van der Waals surface area contributed by atoms with Crippen LogP contribution in [0, 0.1) is 10.1 Å². The van der Waals surface area contributed by atoms with Crippen molar-refractivity contribution in [1.82, 2.24) is 5.32 Å². The number of halogens is 1. The molecule has 3 N–H and O–H groups in total. The number of amides is 2. The lowest BCUT2D eigenvalue weighted by molar-refractivity contribution is -0.384. The van der Waals surface area contributed by atoms with Crippen molar-refractivity contribution in [2.75, 3.05) is 0 Å². The molecule has 0 spiro atoms. The number of primary amides is 1. The first-order chi connectivity index (χ1) is 11.4. The van der Waals surface area contributed by atoms with E-state index in [1.54, 1.807) is 24.3 Å². The average molecular weight is 348 g/mol. The van der Waals surface area contributed by atoms with Gasteiger partial charge in [0.25, 0.3) is 11.6 Å². The maximum atomic E-state index is 12.2. The molecule has 1 atom stereocenters. The molecule has 0 fully saturated rings. The highest BCUT2D eigenvalue weighted by Gasteiger charge is 2.20. The Bertz CT molecular complexity index is 794. The molecule has 0 aliphatic heterocycles. The summed E-state index contributed by atoms with van der Waals surface area (Å²) in [7, 11) is 0. The standard InChI is InChI=1S/C16H14ClN3O4/c17-12-5-1-3-10(7-12)8-14(15(18)21)19-16(22)11-4-2-6-13(9-11)20(23)24/h1-7,9,14H,8H2,(H2,18,21)(H,19,22)/t14-/m0/s1. The fourth-order valence-corrected chi connectivity index (χ4v) is 2.34. The van der Waals surface area contributed by atoms with Crippen molar-refractivity contribution >= 4 is 29.1 Å². The number of nitro benzene ring substituents is 1. The van der Waals surface area contributed by atoms with Crippen molar-refractivity contribution in [3.63, 3.8) is 0 Å². The second-order valence-electron chi connectivity index (χ2n) is 5.07. The predicted octanol–water partition coefficient (Wildman–Crippen LogP) is 2.07. The molecule has 0 aliphatic carbocycles. The number of hydrogen-bond acceptors (Lipinski definition) is 4. The number of nitro groups is 1. The zero-order valence-electron chi connectivity index (χ0n) is 12.4. The topological polar surface area (TPSA) is 115 Å². The summed E-state index contributed by atoms with van der Waals surface area (Å²) in [5, 5.41) is 13.8. The highest BCUT2D eigenvalue weighted by molar-refractivity contribution is 6.30. The molecule has 0 saturated heterocycles. The van der Waals surface area contributed by atoms with Gasteiger partial charge in [-0.15, -0.1) is 0 Å². The van der Waals surface area contributed by atoms with E-state index >= 15 is 0 Å². The number of non-ortho nitro benzene ring substituents is 1. The van der Waals surface area contributed by atoms with E-state index < -0.39 is 22.8 Å². The summed E-state index contributed by atoms with van der Waals surface area (Å²) in [4.78, 5) is 34.0. The molecule has 0 radical (unpaired) electrons. The number of carbonyl (C=O) groups is 2. The molecule has 0 aromatic heterocycles. The van der Waals surface area contributed by atoms with Gasteiger partial charge < -0.3 is 11.1 Å². The number of rotatable bonds is 6. The number of carbonyl (C=O) groups excluding carboxylic acids is 2. The molecule has 8 heteroatoms. The van der Waals surface area contributed by atoms with E-state index in [1.165, 1.54) is 18.2 Å². The van der Waals surface area contributed by atoms with E-state index in [0.717, 1.165) is 11.6 Å². The second kappa shape index (κ2) is 7.56. The minimum atomic E-state index is -0.963. The van der Waals surface area contributed by atoms with E-state index in [1.807, 2.05) is 0 Å². The molecule has 124 valence electrons. The summed E-state index contributed by atoms with van der Waals surface area (Å²) in [5.74, 6) is -1.33. The normalized spacial score (nSPS) is 11.5. The highest BCUT2D eigenvalue weighted by Crippen LogP contribution is 2.15. The Kier molecular flexibility index (Phi) is 5.49. The second-order valence-corrected chi connectivity index (χ2v) is 5.51. The lowest BCUT2D eigenvalue weighted by Gasteiger charge is -2.15.